The van der Waals surface area contributed by atoms with Crippen molar-refractivity contribution in [3.05, 3.63) is 24.3 Å². The molecule has 1 aliphatic carbocycles. The molecule has 1 aromatic carbocycles. The zero-order valence-corrected chi connectivity index (χ0v) is 20.1. The van der Waals surface area contributed by atoms with Crippen LogP contribution in [0.25, 0.3) is 0 Å². The molecule has 2 N–H and O–H groups in total. The van der Waals surface area contributed by atoms with Gasteiger partial charge in [-0.2, -0.15) is 4.31 Å². The molecule has 0 unspecified atom stereocenters. The van der Waals surface area contributed by atoms with E-state index in [-0.39, 0.29) is 35.8 Å². The normalized spacial score (nSPS) is 15.2. The van der Waals surface area contributed by atoms with Crippen molar-refractivity contribution in [3.8, 4) is 0 Å². The summed E-state index contributed by atoms with van der Waals surface area (Å²) in [6.45, 7) is 1.24. The maximum atomic E-state index is 12.9. The summed E-state index contributed by atoms with van der Waals surface area (Å²) in [5.41, 5.74) is 0.506. The standard InChI is InChI=1S/C22H36N4O5S/c1-25(16-21(27)23-14-7-15-31-3)17-22(28)24-18-10-12-20(13-11-18)32(29,30)26(2)19-8-5-4-6-9-19/h10-13,19H,4-9,14-17H2,1-3H3,(H,23,27)(H,24,28). The lowest BCUT2D eigenvalue weighted by atomic mass is 9.96. The molecule has 2 amide bonds. The zero-order chi connectivity index (χ0) is 23.6. The SMILES string of the molecule is COCCCNC(=O)CN(C)CC(=O)Nc1ccc(S(=O)(=O)N(C)C2CCCCC2)cc1. The van der Waals surface area contributed by atoms with E-state index >= 15 is 0 Å². The second kappa shape index (κ2) is 12.9. The summed E-state index contributed by atoms with van der Waals surface area (Å²) in [4.78, 5) is 26.0. The van der Waals surface area contributed by atoms with E-state index in [1.54, 1.807) is 38.2 Å². The molecule has 1 saturated carbocycles. The highest BCUT2D eigenvalue weighted by Gasteiger charge is 2.28. The van der Waals surface area contributed by atoms with Crippen LogP contribution in [0.1, 0.15) is 38.5 Å². The Hall–Kier alpha value is -2.01. The fraction of sp³-hybridized carbons (Fsp3) is 0.636. The van der Waals surface area contributed by atoms with E-state index in [1.165, 1.54) is 16.4 Å². The van der Waals surface area contributed by atoms with Crippen LogP contribution < -0.4 is 10.6 Å². The number of carbonyl (C=O) groups excluding carboxylic acids is 2. The van der Waals surface area contributed by atoms with Crippen molar-refractivity contribution in [3.63, 3.8) is 0 Å². The van der Waals surface area contributed by atoms with E-state index < -0.39 is 10.0 Å². The van der Waals surface area contributed by atoms with Crippen molar-refractivity contribution in [2.24, 2.45) is 0 Å². The Morgan fingerprint density at radius 2 is 1.66 bits per heavy atom. The van der Waals surface area contributed by atoms with Gasteiger partial charge in [0.2, 0.25) is 21.8 Å². The number of carbonyl (C=O) groups is 2. The average molecular weight is 469 g/mol. The molecular formula is C22H36N4O5S. The third-order valence-corrected chi connectivity index (χ3v) is 7.50. The summed E-state index contributed by atoms with van der Waals surface area (Å²) in [5.74, 6) is -0.442. The van der Waals surface area contributed by atoms with Crippen molar-refractivity contribution in [2.45, 2.75) is 49.5 Å². The van der Waals surface area contributed by atoms with Crippen LogP contribution >= 0.6 is 0 Å². The molecule has 0 heterocycles. The van der Waals surface area contributed by atoms with E-state index in [2.05, 4.69) is 10.6 Å². The summed E-state index contributed by atoms with van der Waals surface area (Å²) < 4.78 is 32.2. The minimum Gasteiger partial charge on any atom is -0.385 e. The molecule has 0 spiro atoms. The number of methoxy groups -OCH3 is 1. The lowest BCUT2D eigenvalue weighted by Crippen LogP contribution is -2.39. The molecule has 0 atom stereocenters. The average Bonchev–Trinajstić information content (AvgIpc) is 2.77. The molecule has 1 aromatic rings. The number of nitrogens with one attached hydrogen (secondary N) is 2. The van der Waals surface area contributed by atoms with Crippen molar-refractivity contribution in [1.82, 2.24) is 14.5 Å². The Balaban J connectivity index is 1.83. The number of hydrogen-bond acceptors (Lipinski definition) is 6. The first-order valence-corrected chi connectivity index (χ1v) is 12.5. The van der Waals surface area contributed by atoms with Gasteiger partial charge in [0.25, 0.3) is 0 Å². The van der Waals surface area contributed by atoms with Gasteiger partial charge in [-0.05, 0) is 50.6 Å². The number of nitrogens with zero attached hydrogens (tertiary/aromatic N) is 2. The maximum Gasteiger partial charge on any atom is 0.243 e. The maximum absolute atomic E-state index is 12.9. The van der Waals surface area contributed by atoms with Gasteiger partial charge in [0.1, 0.15) is 0 Å². The number of anilines is 1. The van der Waals surface area contributed by atoms with Gasteiger partial charge in [0.05, 0.1) is 18.0 Å². The van der Waals surface area contributed by atoms with Gasteiger partial charge in [-0.3, -0.25) is 14.5 Å². The van der Waals surface area contributed by atoms with E-state index in [9.17, 15) is 18.0 Å². The minimum absolute atomic E-state index is 0.0377. The van der Waals surface area contributed by atoms with E-state index in [1.807, 2.05) is 0 Å². The Labute approximate surface area is 191 Å². The highest BCUT2D eigenvalue weighted by molar-refractivity contribution is 7.89. The third kappa shape index (κ3) is 8.16. The van der Waals surface area contributed by atoms with Gasteiger partial charge < -0.3 is 15.4 Å². The third-order valence-electron chi connectivity index (χ3n) is 5.58. The van der Waals surface area contributed by atoms with Gasteiger partial charge in [0.15, 0.2) is 0 Å². The molecular weight excluding hydrogens is 432 g/mol. The number of likely N-dealkylation sites (N-methyl/N-ethyl adjacent to an activating group) is 1. The van der Waals surface area contributed by atoms with E-state index in [0.717, 1.165) is 38.5 Å². The molecule has 0 saturated heterocycles. The first-order valence-electron chi connectivity index (χ1n) is 11.1. The van der Waals surface area contributed by atoms with Crippen LogP contribution in [0.15, 0.2) is 29.2 Å². The van der Waals surface area contributed by atoms with Crippen LogP contribution in [0.3, 0.4) is 0 Å². The van der Waals surface area contributed by atoms with Crippen molar-refractivity contribution in [2.75, 3.05) is 52.8 Å². The predicted octanol–water partition coefficient (Wildman–Crippen LogP) is 1.66. The topological polar surface area (TPSA) is 108 Å². The Kier molecular flexibility index (Phi) is 10.6. The molecule has 9 nitrogen and oxygen atoms in total. The fourth-order valence-corrected chi connectivity index (χ4v) is 5.18. The van der Waals surface area contributed by atoms with Gasteiger partial charge in [0, 0.05) is 39.0 Å². The first kappa shape index (κ1) is 26.2. The van der Waals surface area contributed by atoms with Gasteiger partial charge in [-0.15, -0.1) is 0 Å². The Morgan fingerprint density at radius 1 is 1.03 bits per heavy atom. The summed E-state index contributed by atoms with van der Waals surface area (Å²) in [6, 6.07) is 6.24. The summed E-state index contributed by atoms with van der Waals surface area (Å²) in [5, 5.41) is 5.51. The quantitative estimate of drug-likeness (QED) is 0.452. The molecule has 0 radical (unpaired) electrons. The lowest BCUT2D eigenvalue weighted by Gasteiger charge is -2.30. The molecule has 10 heteroatoms. The van der Waals surface area contributed by atoms with Gasteiger partial charge >= 0.3 is 0 Å². The molecule has 0 aliphatic heterocycles. The largest absolute Gasteiger partial charge is 0.385 e. The van der Waals surface area contributed by atoms with Crippen LogP contribution in [0, 0.1) is 0 Å². The fourth-order valence-electron chi connectivity index (χ4n) is 3.76. The number of rotatable bonds is 12. The highest BCUT2D eigenvalue weighted by atomic mass is 32.2. The van der Waals surface area contributed by atoms with E-state index in [4.69, 9.17) is 4.74 Å². The van der Waals surface area contributed by atoms with Gasteiger partial charge in [-0.1, -0.05) is 19.3 Å². The van der Waals surface area contributed by atoms with Gasteiger partial charge in [-0.25, -0.2) is 8.42 Å². The smallest absolute Gasteiger partial charge is 0.243 e. The summed E-state index contributed by atoms with van der Waals surface area (Å²) >= 11 is 0. The lowest BCUT2D eigenvalue weighted by molar-refractivity contribution is -0.123. The second-order valence-corrected chi connectivity index (χ2v) is 10.3. The monoisotopic (exact) mass is 468 g/mol. The highest BCUT2D eigenvalue weighted by Crippen LogP contribution is 2.26. The predicted molar refractivity (Wildman–Crippen MR) is 124 cm³/mol. The number of sulfonamides is 1. The van der Waals surface area contributed by atoms with Crippen molar-refractivity contribution >= 4 is 27.5 Å². The van der Waals surface area contributed by atoms with Crippen LogP contribution in [0.2, 0.25) is 0 Å². The summed E-state index contributed by atoms with van der Waals surface area (Å²) in [7, 11) is 1.37. The van der Waals surface area contributed by atoms with Crippen molar-refractivity contribution in [1.29, 1.82) is 0 Å². The first-order chi connectivity index (χ1) is 15.2. The molecule has 1 aliphatic rings. The van der Waals surface area contributed by atoms with Crippen LogP contribution in [-0.4, -0.2) is 82.9 Å². The van der Waals surface area contributed by atoms with E-state index in [0.29, 0.717) is 18.8 Å². The summed E-state index contributed by atoms with van der Waals surface area (Å²) in [6.07, 6.45) is 5.78. The molecule has 0 aromatic heterocycles. The molecule has 2 rings (SSSR count). The minimum atomic E-state index is -3.57. The molecule has 1 fully saturated rings. The second-order valence-electron chi connectivity index (χ2n) is 8.25. The van der Waals surface area contributed by atoms with Crippen LogP contribution in [0.5, 0.6) is 0 Å². The van der Waals surface area contributed by atoms with Crippen molar-refractivity contribution < 1.29 is 22.7 Å². The van der Waals surface area contributed by atoms with Crippen LogP contribution in [0.4, 0.5) is 5.69 Å². The zero-order valence-electron chi connectivity index (χ0n) is 19.3. The Bertz CT molecular complexity index is 838. The molecule has 0 bridgehead atoms. The number of benzene rings is 1. The molecule has 32 heavy (non-hydrogen) atoms. The molecule has 180 valence electrons. The van der Waals surface area contributed by atoms with Crippen LogP contribution in [-0.2, 0) is 24.3 Å². The number of hydrogen-bond donors (Lipinski definition) is 2. The number of amides is 2. The Morgan fingerprint density at radius 3 is 2.28 bits per heavy atom. The number of ether oxygens (including phenoxy) is 1.